The molecule has 0 spiro atoms. The van der Waals surface area contributed by atoms with Crippen molar-refractivity contribution in [2.45, 2.75) is 25.9 Å². The number of aromatic nitrogens is 1. The van der Waals surface area contributed by atoms with Gasteiger partial charge in [-0.25, -0.2) is 0 Å². The van der Waals surface area contributed by atoms with E-state index >= 15 is 0 Å². The predicted octanol–water partition coefficient (Wildman–Crippen LogP) is 2.48. The van der Waals surface area contributed by atoms with E-state index in [1.165, 1.54) is 10.9 Å². The molecule has 2 N–H and O–H groups in total. The molecule has 1 aromatic carbocycles. The van der Waals surface area contributed by atoms with Gasteiger partial charge in [0.2, 0.25) is 0 Å². The third-order valence-electron chi connectivity index (χ3n) is 2.30. The Morgan fingerprint density at radius 3 is 2.71 bits per heavy atom. The first kappa shape index (κ1) is 9.28. The van der Waals surface area contributed by atoms with Gasteiger partial charge in [0, 0.05) is 23.5 Å². The number of fused-ring (bicyclic) bond motifs is 1. The fourth-order valence-electron chi connectivity index (χ4n) is 1.74. The molecule has 2 aromatic rings. The van der Waals surface area contributed by atoms with E-state index in [2.05, 4.69) is 11.1 Å². The number of para-hydroxylation sites is 1. The summed E-state index contributed by atoms with van der Waals surface area (Å²) in [6, 6.07) is 8.15. The van der Waals surface area contributed by atoms with Crippen molar-refractivity contribution in [2.75, 3.05) is 0 Å². The Bertz CT molecular complexity index is 437. The molecule has 1 aromatic heterocycles. The van der Waals surface area contributed by atoms with Gasteiger partial charge in [-0.1, -0.05) is 18.2 Å². The Balaban J connectivity index is 2.44. The first-order valence-electron chi connectivity index (χ1n) is 4.84. The first-order chi connectivity index (χ1) is 6.56. The molecule has 0 bridgehead atoms. The molecule has 0 saturated carbocycles. The molecule has 0 radical (unpaired) electrons. The van der Waals surface area contributed by atoms with Crippen molar-refractivity contribution in [3.8, 4) is 0 Å². The number of hydrogen-bond donors (Lipinski definition) is 2. The SMILES string of the molecule is CC(C)(O)Cc1c[nH]c2ccccc12. The summed E-state index contributed by atoms with van der Waals surface area (Å²) in [7, 11) is 0. The van der Waals surface area contributed by atoms with Crippen LogP contribution in [-0.2, 0) is 6.42 Å². The molecule has 2 heteroatoms. The van der Waals surface area contributed by atoms with Crippen LogP contribution in [-0.4, -0.2) is 15.7 Å². The highest BCUT2D eigenvalue weighted by atomic mass is 16.3. The second-order valence-electron chi connectivity index (χ2n) is 4.35. The molecule has 0 aliphatic rings. The Labute approximate surface area is 83.6 Å². The first-order valence-corrected chi connectivity index (χ1v) is 4.84. The van der Waals surface area contributed by atoms with Crippen molar-refractivity contribution < 1.29 is 5.11 Å². The van der Waals surface area contributed by atoms with Gasteiger partial charge < -0.3 is 10.1 Å². The van der Waals surface area contributed by atoms with E-state index in [-0.39, 0.29) is 0 Å². The predicted molar refractivity (Wildman–Crippen MR) is 58.3 cm³/mol. The normalized spacial score (nSPS) is 12.2. The molecule has 2 rings (SSSR count). The molecule has 0 fully saturated rings. The van der Waals surface area contributed by atoms with E-state index in [0.717, 1.165) is 5.52 Å². The Morgan fingerprint density at radius 2 is 2.00 bits per heavy atom. The molecule has 0 atom stereocenters. The summed E-state index contributed by atoms with van der Waals surface area (Å²) in [6.07, 6.45) is 2.65. The number of rotatable bonds is 2. The maximum atomic E-state index is 9.74. The maximum absolute atomic E-state index is 9.74. The lowest BCUT2D eigenvalue weighted by molar-refractivity contribution is 0.0813. The smallest absolute Gasteiger partial charge is 0.0632 e. The lowest BCUT2D eigenvalue weighted by Gasteiger charge is -2.15. The van der Waals surface area contributed by atoms with Crippen molar-refractivity contribution in [2.24, 2.45) is 0 Å². The average molecular weight is 189 g/mol. The molecular weight excluding hydrogens is 174 g/mol. The summed E-state index contributed by atoms with van der Waals surface area (Å²) < 4.78 is 0. The Hall–Kier alpha value is -1.28. The van der Waals surface area contributed by atoms with Crippen molar-refractivity contribution in [3.63, 3.8) is 0 Å². The molecule has 0 unspecified atom stereocenters. The molecular formula is C12H15NO. The minimum atomic E-state index is -0.648. The van der Waals surface area contributed by atoms with E-state index in [4.69, 9.17) is 0 Å². The lowest BCUT2D eigenvalue weighted by Crippen LogP contribution is -2.21. The third-order valence-corrected chi connectivity index (χ3v) is 2.30. The summed E-state index contributed by atoms with van der Waals surface area (Å²) in [6.45, 7) is 3.66. The highest BCUT2D eigenvalue weighted by Gasteiger charge is 2.15. The van der Waals surface area contributed by atoms with Crippen LogP contribution in [0.3, 0.4) is 0 Å². The molecule has 0 aliphatic carbocycles. The van der Waals surface area contributed by atoms with Crippen LogP contribution in [0.25, 0.3) is 10.9 Å². The number of H-pyrrole nitrogens is 1. The number of aromatic amines is 1. The molecule has 0 aliphatic heterocycles. The van der Waals surface area contributed by atoms with Crippen molar-refractivity contribution in [1.82, 2.24) is 4.98 Å². The number of benzene rings is 1. The average Bonchev–Trinajstić information content (AvgIpc) is 2.47. The van der Waals surface area contributed by atoms with Crippen molar-refractivity contribution in [1.29, 1.82) is 0 Å². The van der Waals surface area contributed by atoms with Crippen LogP contribution in [0.15, 0.2) is 30.5 Å². The minimum Gasteiger partial charge on any atom is -0.390 e. The summed E-state index contributed by atoms with van der Waals surface area (Å²) >= 11 is 0. The van der Waals surface area contributed by atoms with Gasteiger partial charge in [-0.05, 0) is 25.5 Å². The van der Waals surface area contributed by atoms with E-state index in [1.807, 2.05) is 38.2 Å². The van der Waals surface area contributed by atoms with E-state index in [0.29, 0.717) is 6.42 Å². The maximum Gasteiger partial charge on any atom is 0.0632 e. The third kappa shape index (κ3) is 1.80. The second kappa shape index (κ2) is 3.14. The van der Waals surface area contributed by atoms with Gasteiger partial charge in [-0.3, -0.25) is 0 Å². The van der Waals surface area contributed by atoms with Crippen molar-refractivity contribution >= 4 is 10.9 Å². The van der Waals surface area contributed by atoms with Crippen LogP contribution in [0.5, 0.6) is 0 Å². The van der Waals surface area contributed by atoms with Gasteiger partial charge in [-0.2, -0.15) is 0 Å². The van der Waals surface area contributed by atoms with Gasteiger partial charge in [0.25, 0.3) is 0 Å². The summed E-state index contributed by atoms with van der Waals surface area (Å²) in [4.78, 5) is 3.20. The van der Waals surface area contributed by atoms with E-state index in [9.17, 15) is 5.11 Å². The topological polar surface area (TPSA) is 36.0 Å². The fourth-order valence-corrected chi connectivity index (χ4v) is 1.74. The summed E-state index contributed by atoms with van der Waals surface area (Å²) in [5, 5.41) is 10.9. The van der Waals surface area contributed by atoms with Crippen LogP contribution < -0.4 is 0 Å². The standard InChI is InChI=1S/C12H15NO/c1-12(2,14)7-9-8-13-11-6-4-3-5-10(9)11/h3-6,8,13-14H,7H2,1-2H3. The number of hydrogen-bond acceptors (Lipinski definition) is 1. The van der Waals surface area contributed by atoms with Crippen LogP contribution in [0.1, 0.15) is 19.4 Å². The van der Waals surface area contributed by atoms with Crippen LogP contribution >= 0.6 is 0 Å². The zero-order valence-corrected chi connectivity index (χ0v) is 8.54. The molecule has 0 saturated heterocycles. The molecule has 0 amide bonds. The summed E-state index contributed by atoms with van der Waals surface area (Å²) in [5.74, 6) is 0. The Kier molecular flexibility index (Phi) is 2.08. The number of aliphatic hydroxyl groups is 1. The monoisotopic (exact) mass is 189 g/mol. The van der Waals surface area contributed by atoms with Gasteiger partial charge in [-0.15, -0.1) is 0 Å². The zero-order chi connectivity index (χ0) is 10.2. The molecule has 1 heterocycles. The second-order valence-corrected chi connectivity index (χ2v) is 4.35. The van der Waals surface area contributed by atoms with Gasteiger partial charge in [0.05, 0.1) is 5.60 Å². The zero-order valence-electron chi connectivity index (χ0n) is 8.54. The van der Waals surface area contributed by atoms with Crippen LogP contribution in [0, 0.1) is 0 Å². The summed E-state index contributed by atoms with van der Waals surface area (Å²) in [5.41, 5.74) is 1.66. The van der Waals surface area contributed by atoms with E-state index in [1.54, 1.807) is 0 Å². The van der Waals surface area contributed by atoms with Gasteiger partial charge in [0.15, 0.2) is 0 Å². The highest BCUT2D eigenvalue weighted by Crippen LogP contribution is 2.21. The molecule has 2 nitrogen and oxygen atoms in total. The largest absolute Gasteiger partial charge is 0.390 e. The van der Waals surface area contributed by atoms with Crippen molar-refractivity contribution in [3.05, 3.63) is 36.0 Å². The van der Waals surface area contributed by atoms with Crippen LogP contribution in [0.4, 0.5) is 0 Å². The Morgan fingerprint density at radius 1 is 1.29 bits per heavy atom. The highest BCUT2D eigenvalue weighted by molar-refractivity contribution is 5.83. The fraction of sp³-hybridized carbons (Fsp3) is 0.333. The lowest BCUT2D eigenvalue weighted by atomic mass is 9.98. The van der Waals surface area contributed by atoms with E-state index < -0.39 is 5.60 Å². The van der Waals surface area contributed by atoms with Gasteiger partial charge >= 0.3 is 0 Å². The molecule has 14 heavy (non-hydrogen) atoms. The molecule has 74 valence electrons. The van der Waals surface area contributed by atoms with Gasteiger partial charge in [0.1, 0.15) is 0 Å². The van der Waals surface area contributed by atoms with Crippen LogP contribution in [0.2, 0.25) is 0 Å². The minimum absolute atomic E-state index is 0.648. The quantitative estimate of drug-likeness (QED) is 0.748. The number of nitrogens with one attached hydrogen (secondary N) is 1.